The van der Waals surface area contributed by atoms with Crippen molar-refractivity contribution in [3.8, 4) is 0 Å². The van der Waals surface area contributed by atoms with Gasteiger partial charge in [-0.1, -0.05) is 25.5 Å². The van der Waals surface area contributed by atoms with E-state index >= 15 is 0 Å². The standard InChI is InChI=1S/C17H22O3/c1-10(2)6-7-16-9-11-15(3,4)17(11,14(16)19)12(18)8-13(16)20-5/h6,8,11H,7,9H2,1-5H3/t11-,16-,17-/m0/s1. The van der Waals surface area contributed by atoms with Crippen molar-refractivity contribution in [2.24, 2.45) is 22.2 Å². The van der Waals surface area contributed by atoms with Gasteiger partial charge >= 0.3 is 0 Å². The predicted molar refractivity (Wildman–Crippen MR) is 75.9 cm³/mol. The Hall–Kier alpha value is -1.38. The van der Waals surface area contributed by atoms with Crippen LogP contribution in [0.25, 0.3) is 0 Å². The van der Waals surface area contributed by atoms with Gasteiger partial charge in [-0.3, -0.25) is 9.59 Å². The van der Waals surface area contributed by atoms with E-state index in [0.717, 1.165) is 6.42 Å². The number of Topliss-reactive ketones (excluding diaryl/α,β-unsaturated/α-hetero) is 1. The molecule has 0 aromatic carbocycles. The van der Waals surface area contributed by atoms with Crippen molar-refractivity contribution in [2.75, 3.05) is 7.11 Å². The number of fused-ring (bicyclic) bond motifs is 1. The molecule has 3 heteroatoms. The van der Waals surface area contributed by atoms with Crippen molar-refractivity contribution in [3.63, 3.8) is 0 Å². The molecule has 0 aromatic rings. The second-order valence-corrected chi connectivity index (χ2v) is 7.26. The maximum atomic E-state index is 13.1. The first-order valence-electron chi connectivity index (χ1n) is 7.24. The Morgan fingerprint density at radius 2 is 2.05 bits per heavy atom. The van der Waals surface area contributed by atoms with E-state index in [1.807, 2.05) is 27.7 Å². The van der Waals surface area contributed by atoms with Gasteiger partial charge in [-0.2, -0.15) is 0 Å². The monoisotopic (exact) mass is 274 g/mol. The van der Waals surface area contributed by atoms with Crippen LogP contribution in [0, 0.1) is 22.2 Å². The summed E-state index contributed by atoms with van der Waals surface area (Å²) in [5.74, 6) is 0.796. The van der Waals surface area contributed by atoms with Crippen LogP contribution in [0.1, 0.15) is 40.5 Å². The van der Waals surface area contributed by atoms with E-state index in [9.17, 15) is 9.59 Å². The third kappa shape index (κ3) is 1.18. The van der Waals surface area contributed by atoms with Crippen LogP contribution in [0.3, 0.4) is 0 Å². The van der Waals surface area contributed by atoms with Crippen LogP contribution in [-0.4, -0.2) is 18.7 Å². The van der Waals surface area contributed by atoms with Gasteiger partial charge in [0.15, 0.2) is 11.6 Å². The Labute approximate surface area is 120 Å². The molecule has 1 spiro atoms. The predicted octanol–water partition coefficient (Wildman–Crippen LogP) is 3.06. The Balaban J connectivity index is 2.12. The van der Waals surface area contributed by atoms with Crippen molar-refractivity contribution < 1.29 is 14.3 Å². The number of rotatable bonds is 3. The molecule has 0 radical (unpaired) electrons. The summed E-state index contributed by atoms with van der Waals surface area (Å²) < 4.78 is 5.42. The first-order valence-corrected chi connectivity index (χ1v) is 7.24. The summed E-state index contributed by atoms with van der Waals surface area (Å²) in [5.41, 5.74) is -0.357. The van der Waals surface area contributed by atoms with Gasteiger partial charge in [-0.15, -0.1) is 0 Å². The maximum Gasteiger partial charge on any atom is 0.173 e. The number of carbonyl (C=O) groups is 2. The van der Waals surface area contributed by atoms with Gasteiger partial charge < -0.3 is 4.74 Å². The third-order valence-electron chi connectivity index (χ3n) is 5.87. The molecule has 3 nitrogen and oxygen atoms in total. The zero-order valence-electron chi connectivity index (χ0n) is 12.9. The number of hydrogen-bond donors (Lipinski definition) is 0. The SMILES string of the molecule is COC1=CC(=O)[C@]23C(=O)[C@@]1(CC=C(C)C)C[C@H]2C3(C)C. The van der Waals surface area contributed by atoms with Crippen LogP contribution in [0.5, 0.6) is 0 Å². The summed E-state index contributed by atoms with van der Waals surface area (Å²) in [6.07, 6.45) is 5.07. The van der Waals surface area contributed by atoms with E-state index in [1.54, 1.807) is 13.2 Å². The highest BCUT2D eigenvalue weighted by Gasteiger charge is 2.87. The number of ketones is 2. The molecule has 0 aliphatic heterocycles. The number of methoxy groups -OCH3 is 1. The van der Waals surface area contributed by atoms with Crippen LogP contribution in [0.2, 0.25) is 0 Å². The van der Waals surface area contributed by atoms with Gasteiger partial charge in [0, 0.05) is 6.08 Å². The van der Waals surface area contributed by atoms with Crippen LogP contribution in [-0.2, 0) is 14.3 Å². The first-order chi connectivity index (χ1) is 9.25. The summed E-state index contributed by atoms with van der Waals surface area (Å²) in [6.45, 7) is 8.15. The largest absolute Gasteiger partial charge is 0.500 e. The van der Waals surface area contributed by atoms with Crippen molar-refractivity contribution in [1.29, 1.82) is 0 Å². The Morgan fingerprint density at radius 3 is 2.60 bits per heavy atom. The second kappa shape index (κ2) is 3.63. The molecule has 3 aliphatic rings. The van der Waals surface area contributed by atoms with Crippen LogP contribution < -0.4 is 0 Å². The zero-order valence-corrected chi connectivity index (χ0v) is 12.9. The lowest BCUT2D eigenvalue weighted by molar-refractivity contribution is -0.140. The summed E-state index contributed by atoms with van der Waals surface area (Å²) >= 11 is 0. The molecule has 2 bridgehead atoms. The summed E-state index contributed by atoms with van der Waals surface area (Å²) in [6, 6.07) is 0. The van der Waals surface area contributed by atoms with E-state index in [2.05, 4.69) is 6.08 Å². The molecule has 3 aliphatic carbocycles. The molecule has 0 N–H and O–H groups in total. The van der Waals surface area contributed by atoms with E-state index in [0.29, 0.717) is 12.2 Å². The molecular weight excluding hydrogens is 252 g/mol. The molecule has 2 saturated carbocycles. The molecule has 0 unspecified atom stereocenters. The average Bonchev–Trinajstić information content (AvgIpc) is 2.74. The summed E-state index contributed by atoms with van der Waals surface area (Å²) in [5, 5.41) is 0. The molecule has 0 aromatic heterocycles. The van der Waals surface area contributed by atoms with Crippen molar-refractivity contribution in [3.05, 3.63) is 23.5 Å². The lowest BCUT2D eigenvalue weighted by Gasteiger charge is -2.37. The molecule has 2 fully saturated rings. The van der Waals surface area contributed by atoms with Gasteiger partial charge in [0.2, 0.25) is 0 Å². The number of carbonyl (C=O) groups excluding carboxylic acids is 2. The van der Waals surface area contributed by atoms with E-state index in [-0.39, 0.29) is 22.9 Å². The van der Waals surface area contributed by atoms with Gasteiger partial charge in [0.1, 0.15) is 11.2 Å². The third-order valence-corrected chi connectivity index (χ3v) is 5.87. The fraction of sp³-hybridized carbons (Fsp3) is 0.647. The van der Waals surface area contributed by atoms with Crippen LogP contribution >= 0.6 is 0 Å². The molecule has 108 valence electrons. The lowest BCUT2D eigenvalue weighted by atomic mass is 9.66. The summed E-state index contributed by atoms with van der Waals surface area (Å²) in [7, 11) is 1.56. The van der Waals surface area contributed by atoms with Crippen molar-refractivity contribution in [2.45, 2.75) is 40.5 Å². The Morgan fingerprint density at radius 1 is 1.40 bits per heavy atom. The molecule has 20 heavy (non-hydrogen) atoms. The number of hydrogen-bond acceptors (Lipinski definition) is 3. The van der Waals surface area contributed by atoms with Gasteiger partial charge in [0.05, 0.1) is 12.5 Å². The minimum absolute atomic E-state index is 0.0420. The van der Waals surface area contributed by atoms with E-state index in [4.69, 9.17) is 4.74 Å². The molecule has 3 rings (SSSR count). The smallest absolute Gasteiger partial charge is 0.173 e. The topological polar surface area (TPSA) is 43.4 Å². The Kier molecular flexibility index (Phi) is 2.47. The fourth-order valence-corrected chi connectivity index (χ4v) is 4.64. The van der Waals surface area contributed by atoms with Crippen molar-refractivity contribution >= 4 is 11.6 Å². The van der Waals surface area contributed by atoms with Gasteiger partial charge in [-0.25, -0.2) is 0 Å². The molecule has 0 heterocycles. The maximum absolute atomic E-state index is 13.1. The Bertz CT molecular complexity index is 577. The highest BCUT2D eigenvalue weighted by molar-refractivity contribution is 6.23. The zero-order chi connectivity index (χ0) is 14.9. The highest BCUT2D eigenvalue weighted by atomic mass is 16.5. The summed E-state index contributed by atoms with van der Waals surface area (Å²) in [4.78, 5) is 25.6. The van der Waals surface area contributed by atoms with E-state index in [1.165, 1.54) is 5.57 Å². The lowest BCUT2D eigenvalue weighted by Crippen LogP contribution is -2.44. The van der Waals surface area contributed by atoms with Crippen molar-refractivity contribution in [1.82, 2.24) is 0 Å². The van der Waals surface area contributed by atoms with Crippen LogP contribution in [0.4, 0.5) is 0 Å². The average molecular weight is 274 g/mol. The van der Waals surface area contributed by atoms with Gasteiger partial charge in [0.25, 0.3) is 0 Å². The highest BCUT2D eigenvalue weighted by Crippen LogP contribution is 2.81. The second-order valence-electron chi connectivity index (χ2n) is 7.26. The molecular formula is C17H22O3. The minimum Gasteiger partial charge on any atom is -0.500 e. The van der Waals surface area contributed by atoms with Crippen LogP contribution in [0.15, 0.2) is 23.5 Å². The quantitative estimate of drug-likeness (QED) is 0.587. The van der Waals surface area contributed by atoms with Gasteiger partial charge in [-0.05, 0) is 38.0 Å². The normalized spacial score (nSPS) is 40.0. The minimum atomic E-state index is -0.759. The molecule has 0 saturated heterocycles. The fourth-order valence-electron chi connectivity index (χ4n) is 4.64. The number of allylic oxidation sites excluding steroid dienone is 4. The van der Waals surface area contributed by atoms with E-state index < -0.39 is 10.8 Å². The first kappa shape index (κ1) is 13.6. The molecule has 3 atom stereocenters. The molecule has 0 amide bonds. The number of ether oxygens (including phenoxy) is 1.